The number of rotatable bonds is 5. The first-order chi connectivity index (χ1) is 6.24. The number of likely N-dealkylation sites (N-methyl/N-ethyl adjacent to an activating group) is 1. The lowest BCUT2D eigenvalue weighted by Gasteiger charge is -2.20. The minimum absolute atomic E-state index is 0.0903. The first-order valence-electron chi connectivity index (χ1n) is 3.88. The molecule has 4 nitrogen and oxygen atoms in total. The van der Waals surface area contributed by atoms with Crippen LogP contribution in [0.2, 0.25) is 0 Å². The van der Waals surface area contributed by atoms with Crippen LogP contribution >= 0.6 is 0 Å². The van der Waals surface area contributed by atoms with Crippen LogP contribution in [-0.4, -0.2) is 48.6 Å². The Bertz CT molecular complexity index is 195. The Balaban J connectivity index is 3.75. The van der Waals surface area contributed by atoms with E-state index < -0.39 is 25.0 Å². The minimum atomic E-state index is -4.66. The van der Waals surface area contributed by atoms with Crippen LogP contribution in [0.4, 0.5) is 13.2 Å². The smallest absolute Gasteiger partial charge is 0.480 e. The van der Waals surface area contributed by atoms with Crippen LogP contribution in [0.5, 0.6) is 0 Å². The molecule has 0 aromatic carbocycles. The van der Waals surface area contributed by atoms with E-state index in [2.05, 4.69) is 4.74 Å². The Labute approximate surface area is 79.3 Å². The first kappa shape index (κ1) is 13.2. The molecule has 14 heavy (non-hydrogen) atoms. The van der Waals surface area contributed by atoms with E-state index in [1.165, 1.54) is 18.9 Å². The molecule has 84 valence electrons. The molecule has 0 amide bonds. The van der Waals surface area contributed by atoms with Crippen molar-refractivity contribution in [2.75, 3.05) is 20.2 Å². The van der Waals surface area contributed by atoms with Gasteiger partial charge in [-0.05, 0) is 14.0 Å². The number of carboxylic acids is 1. The SMILES string of the molecule is CC(C(=O)O)N(C)CCOC(F)(F)F. The van der Waals surface area contributed by atoms with Crippen molar-refractivity contribution in [1.82, 2.24) is 4.90 Å². The lowest BCUT2D eigenvalue weighted by molar-refractivity contribution is -0.325. The van der Waals surface area contributed by atoms with Gasteiger partial charge >= 0.3 is 12.3 Å². The summed E-state index contributed by atoms with van der Waals surface area (Å²) in [7, 11) is 1.42. The van der Waals surface area contributed by atoms with Gasteiger partial charge in [-0.25, -0.2) is 0 Å². The Kier molecular flexibility index (Phi) is 4.86. The number of alkyl halides is 3. The summed E-state index contributed by atoms with van der Waals surface area (Å²) in [4.78, 5) is 11.7. The monoisotopic (exact) mass is 215 g/mol. The summed E-state index contributed by atoms with van der Waals surface area (Å²) in [5.74, 6) is -1.08. The Morgan fingerprint density at radius 2 is 2.07 bits per heavy atom. The van der Waals surface area contributed by atoms with E-state index >= 15 is 0 Å². The molecular formula is C7H12F3NO3. The molecule has 0 aliphatic heterocycles. The molecule has 0 fully saturated rings. The quantitative estimate of drug-likeness (QED) is 0.741. The topological polar surface area (TPSA) is 49.8 Å². The van der Waals surface area contributed by atoms with Crippen LogP contribution in [0.15, 0.2) is 0 Å². The predicted octanol–water partition coefficient (Wildman–Crippen LogP) is 0.928. The Morgan fingerprint density at radius 1 is 1.57 bits per heavy atom. The first-order valence-corrected chi connectivity index (χ1v) is 3.88. The molecule has 0 radical (unpaired) electrons. The van der Waals surface area contributed by atoms with E-state index in [1.807, 2.05) is 0 Å². The normalized spacial score (nSPS) is 14.4. The van der Waals surface area contributed by atoms with Gasteiger partial charge in [0.2, 0.25) is 0 Å². The average molecular weight is 215 g/mol. The van der Waals surface area contributed by atoms with E-state index in [1.54, 1.807) is 0 Å². The molecule has 0 saturated heterocycles. The van der Waals surface area contributed by atoms with Gasteiger partial charge in [0.25, 0.3) is 0 Å². The summed E-state index contributed by atoms with van der Waals surface area (Å²) >= 11 is 0. The number of hydrogen-bond acceptors (Lipinski definition) is 3. The van der Waals surface area contributed by atoms with Crippen LogP contribution in [0, 0.1) is 0 Å². The molecule has 1 atom stereocenters. The highest BCUT2D eigenvalue weighted by atomic mass is 19.4. The van der Waals surface area contributed by atoms with Crippen LogP contribution in [0.25, 0.3) is 0 Å². The van der Waals surface area contributed by atoms with Gasteiger partial charge in [-0.3, -0.25) is 14.4 Å². The van der Waals surface area contributed by atoms with Crippen molar-refractivity contribution in [2.45, 2.75) is 19.3 Å². The molecule has 0 aromatic rings. The van der Waals surface area contributed by atoms with Crippen LogP contribution in [0.1, 0.15) is 6.92 Å². The molecule has 0 aliphatic carbocycles. The third-order valence-corrected chi connectivity index (χ3v) is 1.73. The molecule has 7 heteroatoms. The Hall–Kier alpha value is -0.820. The molecule has 0 bridgehead atoms. The molecule has 1 N–H and O–H groups in total. The minimum Gasteiger partial charge on any atom is -0.480 e. The highest BCUT2D eigenvalue weighted by Crippen LogP contribution is 2.15. The summed E-state index contributed by atoms with van der Waals surface area (Å²) in [5.41, 5.74) is 0. The van der Waals surface area contributed by atoms with Gasteiger partial charge in [-0.1, -0.05) is 0 Å². The van der Waals surface area contributed by atoms with Crippen molar-refractivity contribution in [2.24, 2.45) is 0 Å². The fraction of sp³-hybridized carbons (Fsp3) is 0.857. The molecule has 0 aromatic heterocycles. The second-order valence-electron chi connectivity index (χ2n) is 2.79. The zero-order valence-corrected chi connectivity index (χ0v) is 7.84. The van der Waals surface area contributed by atoms with Crippen LogP contribution in [-0.2, 0) is 9.53 Å². The third-order valence-electron chi connectivity index (χ3n) is 1.73. The summed E-state index contributed by atoms with van der Waals surface area (Å²) in [6.45, 7) is 0.723. The van der Waals surface area contributed by atoms with E-state index in [0.29, 0.717) is 0 Å². The second-order valence-corrected chi connectivity index (χ2v) is 2.79. The van der Waals surface area contributed by atoms with Crippen molar-refractivity contribution in [3.8, 4) is 0 Å². The molecule has 0 rings (SSSR count). The summed E-state index contributed by atoms with van der Waals surface area (Å²) in [6, 6.07) is -0.827. The molecule has 1 unspecified atom stereocenters. The molecule has 0 spiro atoms. The van der Waals surface area contributed by atoms with Gasteiger partial charge in [0.1, 0.15) is 6.04 Å². The van der Waals surface area contributed by atoms with Crippen LogP contribution < -0.4 is 0 Å². The molecule has 0 aliphatic rings. The van der Waals surface area contributed by atoms with Gasteiger partial charge in [-0.15, -0.1) is 13.2 Å². The highest BCUT2D eigenvalue weighted by molar-refractivity contribution is 5.72. The number of nitrogens with zero attached hydrogens (tertiary/aromatic N) is 1. The number of carboxylic acid groups (broad SMARTS) is 1. The molecule has 0 saturated carbocycles. The zero-order chi connectivity index (χ0) is 11.4. The van der Waals surface area contributed by atoms with Crippen molar-refractivity contribution >= 4 is 5.97 Å². The lowest BCUT2D eigenvalue weighted by atomic mass is 10.3. The van der Waals surface area contributed by atoms with Crippen molar-refractivity contribution < 1.29 is 27.8 Å². The fourth-order valence-electron chi connectivity index (χ4n) is 0.688. The second kappa shape index (κ2) is 5.16. The molecule has 0 heterocycles. The van der Waals surface area contributed by atoms with Crippen LogP contribution in [0.3, 0.4) is 0 Å². The van der Waals surface area contributed by atoms with Gasteiger partial charge in [-0.2, -0.15) is 0 Å². The Morgan fingerprint density at radius 3 is 2.43 bits per heavy atom. The van der Waals surface area contributed by atoms with Gasteiger partial charge < -0.3 is 5.11 Å². The standard InChI is InChI=1S/C7H12F3NO3/c1-5(6(12)13)11(2)3-4-14-7(8,9)10/h5H,3-4H2,1-2H3,(H,12,13). The van der Waals surface area contributed by atoms with E-state index in [9.17, 15) is 18.0 Å². The maximum atomic E-state index is 11.5. The third kappa shape index (κ3) is 5.76. The lowest BCUT2D eigenvalue weighted by Crippen LogP contribution is -2.38. The molecular weight excluding hydrogens is 203 g/mol. The van der Waals surface area contributed by atoms with E-state index in [4.69, 9.17) is 5.11 Å². The summed E-state index contributed by atoms with van der Waals surface area (Å²) in [6.07, 6.45) is -4.66. The van der Waals surface area contributed by atoms with E-state index in [-0.39, 0.29) is 6.54 Å². The fourth-order valence-corrected chi connectivity index (χ4v) is 0.688. The predicted molar refractivity (Wildman–Crippen MR) is 41.7 cm³/mol. The number of hydrogen-bond donors (Lipinski definition) is 1. The number of aliphatic carboxylic acids is 1. The number of halogens is 3. The zero-order valence-electron chi connectivity index (χ0n) is 7.84. The largest absolute Gasteiger partial charge is 0.522 e. The maximum Gasteiger partial charge on any atom is 0.522 e. The number of ether oxygens (including phenoxy) is 1. The van der Waals surface area contributed by atoms with Gasteiger partial charge in [0.15, 0.2) is 0 Å². The van der Waals surface area contributed by atoms with E-state index in [0.717, 1.165) is 0 Å². The van der Waals surface area contributed by atoms with Crippen molar-refractivity contribution in [3.63, 3.8) is 0 Å². The van der Waals surface area contributed by atoms with Crippen molar-refractivity contribution in [3.05, 3.63) is 0 Å². The summed E-state index contributed by atoms with van der Waals surface area (Å²) < 4.78 is 38.0. The average Bonchev–Trinajstić information content (AvgIpc) is 2.00. The van der Waals surface area contributed by atoms with Crippen molar-refractivity contribution in [1.29, 1.82) is 0 Å². The number of carbonyl (C=O) groups is 1. The van der Waals surface area contributed by atoms with Gasteiger partial charge in [0, 0.05) is 6.54 Å². The maximum absolute atomic E-state index is 11.5. The summed E-state index contributed by atoms with van der Waals surface area (Å²) in [5, 5.41) is 8.51. The van der Waals surface area contributed by atoms with Gasteiger partial charge in [0.05, 0.1) is 6.61 Å². The highest BCUT2D eigenvalue weighted by Gasteiger charge is 2.29.